The van der Waals surface area contributed by atoms with E-state index in [1.807, 2.05) is 0 Å². The first-order valence-electron chi connectivity index (χ1n) is 12.5. The first kappa shape index (κ1) is 23.7. The average molecular weight is 591 g/mol. The van der Waals surface area contributed by atoms with Gasteiger partial charge < -0.3 is 0 Å². The minimum atomic E-state index is -3.89. The molecule has 0 amide bonds. The summed E-state index contributed by atoms with van der Waals surface area (Å²) in [5.74, 6) is 0. The third kappa shape index (κ3) is 3.89. The van der Waals surface area contributed by atoms with Crippen LogP contribution in [0.1, 0.15) is 40.1 Å². The molecule has 1 heterocycles. The van der Waals surface area contributed by atoms with E-state index in [0.717, 1.165) is 12.8 Å². The molecular formula is C31H28Cl2SiZr. The van der Waals surface area contributed by atoms with Crippen molar-refractivity contribution in [3.05, 3.63) is 107 Å². The van der Waals surface area contributed by atoms with Gasteiger partial charge in [-0.25, -0.2) is 0 Å². The summed E-state index contributed by atoms with van der Waals surface area (Å²) in [7, 11) is 14.9. The zero-order chi connectivity index (χ0) is 24.2. The molecule has 1 atom stereocenters. The molecule has 4 heteroatoms. The van der Waals surface area contributed by atoms with E-state index in [2.05, 4.69) is 105 Å². The van der Waals surface area contributed by atoms with E-state index in [4.69, 9.17) is 17.0 Å². The second-order valence-electron chi connectivity index (χ2n) is 9.82. The Balaban J connectivity index is 1.53. The quantitative estimate of drug-likeness (QED) is 0.198. The Labute approximate surface area is 222 Å². The molecule has 1 aliphatic carbocycles. The van der Waals surface area contributed by atoms with Crippen molar-refractivity contribution in [3.63, 3.8) is 0 Å². The fraction of sp³-hybridized carbons (Fsp3) is 0.161. The molecule has 0 radical (unpaired) electrons. The second kappa shape index (κ2) is 9.31. The molecule has 4 aromatic rings. The van der Waals surface area contributed by atoms with Gasteiger partial charge in [0, 0.05) is 0 Å². The van der Waals surface area contributed by atoms with E-state index in [-0.39, 0.29) is 3.63 Å². The van der Waals surface area contributed by atoms with Crippen LogP contribution in [0.5, 0.6) is 0 Å². The van der Waals surface area contributed by atoms with E-state index >= 15 is 0 Å². The molecule has 0 bridgehead atoms. The molecule has 0 spiro atoms. The zero-order valence-electron chi connectivity index (χ0n) is 20.1. The van der Waals surface area contributed by atoms with Crippen LogP contribution in [0.3, 0.4) is 0 Å². The van der Waals surface area contributed by atoms with Crippen LogP contribution in [0.2, 0.25) is 0 Å². The average Bonchev–Trinajstić information content (AvgIpc) is 3.43. The number of rotatable bonds is 5. The van der Waals surface area contributed by atoms with Crippen molar-refractivity contribution in [1.82, 2.24) is 0 Å². The molecule has 0 aromatic heterocycles. The van der Waals surface area contributed by atoms with Gasteiger partial charge in [0.25, 0.3) is 0 Å². The van der Waals surface area contributed by atoms with Gasteiger partial charge in [0.05, 0.1) is 0 Å². The van der Waals surface area contributed by atoms with E-state index in [1.54, 1.807) is 0 Å². The molecule has 174 valence electrons. The number of hydrogen-bond donors (Lipinski definition) is 0. The van der Waals surface area contributed by atoms with Gasteiger partial charge in [-0.15, -0.1) is 0 Å². The van der Waals surface area contributed by atoms with Crippen LogP contribution in [0.15, 0.2) is 90.5 Å². The van der Waals surface area contributed by atoms with Gasteiger partial charge in [0.15, 0.2) is 0 Å². The predicted octanol–water partition coefficient (Wildman–Crippen LogP) is 6.79. The Kier molecular flexibility index (Phi) is 6.30. The molecule has 0 nitrogen and oxygen atoms in total. The fourth-order valence-corrected chi connectivity index (χ4v) is 23.0. The normalized spacial score (nSPS) is 16.7. The van der Waals surface area contributed by atoms with Gasteiger partial charge in [-0.1, -0.05) is 0 Å². The standard InChI is InChI=1S/C19H19.C12H9Si.2ClH.Zr/c1-3-7-15-12-17-11-10-14(2)19(18(17)13-15)16-8-5-4-6-9-16;1-3-7-11-9(5-1)10-6-2-4-8-12(10)13-11;;;/h4-6,8-13H,3,7H2,1-2H3;1-7H,13H2;2*1H;/q;;;;+2/p-2. The van der Waals surface area contributed by atoms with Crippen LogP contribution in [0.4, 0.5) is 0 Å². The third-order valence-corrected chi connectivity index (χ3v) is 22.0. The predicted molar refractivity (Wildman–Crippen MR) is 153 cm³/mol. The van der Waals surface area contributed by atoms with Crippen molar-refractivity contribution in [3.8, 4) is 22.3 Å². The van der Waals surface area contributed by atoms with Crippen molar-refractivity contribution in [1.29, 1.82) is 0 Å². The molecular weight excluding hydrogens is 563 g/mol. The summed E-state index contributed by atoms with van der Waals surface area (Å²) in [5.41, 5.74) is 10.8. The number of allylic oxidation sites excluding steroid dienone is 1. The first-order valence-corrected chi connectivity index (χ1v) is 22.9. The van der Waals surface area contributed by atoms with Crippen LogP contribution < -0.4 is 13.6 Å². The van der Waals surface area contributed by atoms with Gasteiger partial charge in [-0.05, 0) is 0 Å². The van der Waals surface area contributed by atoms with Crippen molar-refractivity contribution in [2.24, 2.45) is 0 Å². The third-order valence-electron chi connectivity index (χ3n) is 7.67. The Morgan fingerprint density at radius 2 is 1.57 bits per heavy atom. The van der Waals surface area contributed by atoms with Gasteiger partial charge in [-0.3, -0.25) is 0 Å². The summed E-state index contributed by atoms with van der Waals surface area (Å²) < 4.78 is 1.46. The van der Waals surface area contributed by atoms with E-state index in [9.17, 15) is 0 Å². The zero-order valence-corrected chi connectivity index (χ0v) is 25.5. The first-order chi connectivity index (χ1) is 17.0. The van der Waals surface area contributed by atoms with Gasteiger partial charge in [0.2, 0.25) is 0 Å². The van der Waals surface area contributed by atoms with Crippen molar-refractivity contribution < 1.29 is 17.9 Å². The maximum atomic E-state index is 7.75. The van der Waals surface area contributed by atoms with E-state index < -0.39 is 27.4 Å². The van der Waals surface area contributed by atoms with Gasteiger partial charge in [-0.2, -0.15) is 0 Å². The van der Waals surface area contributed by atoms with Crippen LogP contribution in [0, 0.1) is 6.92 Å². The van der Waals surface area contributed by atoms with Gasteiger partial charge >= 0.3 is 224 Å². The fourth-order valence-electron chi connectivity index (χ4n) is 6.17. The number of hydrogen-bond acceptors (Lipinski definition) is 0. The Morgan fingerprint density at radius 3 is 2.37 bits per heavy atom. The molecule has 6 rings (SSSR count). The molecule has 0 fully saturated rings. The number of fused-ring (bicyclic) bond motifs is 4. The SMILES string of the molecule is CCCC1=Cc2c(ccc(C)c2-c2ccccc2)[CH]1[Zr]([Cl])([Cl])[c]1cccc2c1[SiH2]c1ccccc1-2. The molecule has 0 N–H and O–H groups in total. The molecule has 0 saturated heterocycles. The molecule has 4 aromatic carbocycles. The summed E-state index contributed by atoms with van der Waals surface area (Å²) >= 11 is -3.89. The summed E-state index contributed by atoms with van der Waals surface area (Å²) in [6.07, 6.45) is 4.57. The Hall–Kier alpha value is -1.70. The Bertz CT molecular complexity index is 1470. The molecule has 1 unspecified atom stereocenters. The summed E-state index contributed by atoms with van der Waals surface area (Å²) in [4.78, 5) is 0. The summed E-state index contributed by atoms with van der Waals surface area (Å²) in [6.45, 7) is 4.47. The topological polar surface area (TPSA) is 0 Å². The molecule has 1 aliphatic heterocycles. The van der Waals surface area contributed by atoms with Crippen LogP contribution >= 0.6 is 17.0 Å². The second-order valence-corrected chi connectivity index (χ2v) is 25.6. The van der Waals surface area contributed by atoms with Crippen molar-refractivity contribution in [2.45, 2.75) is 30.3 Å². The summed E-state index contributed by atoms with van der Waals surface area (Å²) in [6, 6.07) is 30.9. The molecule has 0 saturated carbocycles. The van der Waals surface area contributed by atoms with Crippen LogP contribution in [-0.4, -0.2) is 9.52 Å². The Morgan fingerprint density at radius 1 is 0.829 bits per heavy atom. The monoisotopic (exact) mass is 588 g/mol. The van der Waals surface area contributed by atoms with Crippen molar-refractivity contribution in [2.75, 3.05) is 0 Å². The van der Waals surface area contributed by atoms with Crippen LogP contribution in [0.25, 0.3) is 28.3 Å². The number of halogens is 2. The maximum absolute atomic E-state index is 7.75. The van der Waals surface area contributed by atoms with E-state index in [0.29, 0.717) is 0 Å². The van der Waals surface area contributed by atoms with Crippen LogP contribution in [-0.2, 0) is 17.9 Å². The molecule has 35 heavy (non-hydrogen) atoms. The van der Waals surface area contributed by atoms with Crippen molar-refractivity contribution >= 4 is 46.3 Å². The van der Waals surface area contributed by atoms with Gasteiger partial charge in [0.1, 0.15) is 0 Å². The minimum absolute atomic E-state index is 0.148. The van der Waals surface area contributed by atoms with E-state index in [1.165, 1.54) is 58.2 Å². The summed E-state index contributed by atoms with van der Waals surface area (Å²) in [5, 5.41) is 3.01. The number of benzene rings is 4. The molecule has 2 aliphatic rings. The number of aryl methyl sites for hydroxylation is 1.